The summed E-state index contributed by atoms with van der Waals surface area (Å²) in [4.78, 5) is 49.1. The number of hydrogen-bond donors (Lipinski definition) is 2. The van der Waals surface area contributed by atoms with Crippen molar-refractivity contribution in [2.75, 3.05) is 62.6 Å². The molecule has 0 radical (unpaired) electrons. The van der Waals surface area contributed by atoms with Gasteiger partial charge in [0.15, 0.2) is 0 Å². The van der Waals surface area contributed by atoms with Gasteiger partial charge in [-0.15, -0.1) is 0 Å². The van der Waals surface area contributed by atoms with Gasteiger partial charge in [-0.05, 0) is 61.0 Å². The first kappa shape index (κ1) is 26.3. The third-order valence-corrected chi connectivity index (χ3v) is 7.03. The minimum Gasteiger partial charge on any atom is -0.368 e. The molecule has 0 unspecified atom stereocenters. The van der Waals surface area contributed by atoms with Crippen molar-refractivity contribution < 1.29 is 18.8 Å². The van der Waals surface area contributed by atoms with Crippen molar-refractivity contribution in [2.24, 2.45) is 0 Å². The van der Waals surface area contributed by atoms with E-state index >= 15 is 0 Å². The van der Waals surface area contributed by atoms with Crippen LogP contribution in [0.3, 0.4) is 0 Å². The maximum atomic E-state index is 13.4. The number of nitrogens with zero attached hydrogens (tertiary/aromatic N) is 4. The highest BCUT2D eigenvalue weighted by Crippen LogP contribution is 2.30. The fraction of sp³-hybridized carbons (Fsp3) is 0.310. The van der Waals surface area contributed by atoms with E-state index in [0.717, 1.165) is 25.2 Å². The molecule has 2 aliphatic heterocycles. The third-order valence-electron chi connectivity index (χ3n) is 7.03. The molecule has 9 nitrogen and oxygen atoms in total. The van der Waals surface area contributed by atoms with E-state index in [-0.39, 0.29) is 11.8 Å². The van der Waals surface area contributed by atoms with Gasteiger partial charge in [0.2, 0.25) is 0 Å². The van der Waals surface area contributed by atoms with Gasteiger partial charge in [-0.25, -0.2) is 4.39 Å². The summed E-state index contributed by atoms with van der Waals surface area (Å²) in [5.41, 5.74) is 2.60. The molecular weight excluding hydrogens is 499 g/mol. The first-order valence-electron chi connectivity index (χ1n) is 13.1. The van der Waals surface area contributed by atoms with E-state index in [1.54, 1.807) is 41.6 Å². The Balaban J connectivity index is 1.39. The van der Waals surface area contributed by atoms with E-state index in [1.807, 2.05) is 11.0 Å². The summed E-state index contributed by atoms with van der Waals surface area (Å²) in [5, 5.41) is 6.19. The normalized spacial score (nSPS) is 16.0. The summed E-state index contributed by atoms with van der Waals surface area (Å²) >= 11 is 0. The van der Waals surface area contributed by atoms with Crippen LogP contribution >= 0.6 is 0 Å². The number of aromatic nitrogens is 1. The number of pyridine rings is 1. The number of hydrogen-bond acceptors (Lipinski definition) is 6. The zero-order chi connectivity index (χ0) is 27.2. The van der Waals surface area contributed by atoms with Crippen LogP contribution in [0.15, 0.2) is 67.0 Å². The number of anilines is 2. The lowest BCUT2D eigenvalue weighted by Gasteiger charge is -2.29. The second-order valence-electron chi connectivity index (χ2n) is 9.61. The predicted octanol–water partition coefficient (Wildman–Crippen LogP) is 2.87. The second kappa shape index (κ2) is 12.0. The van der Waals surface area contributed by atoms with Crippen molar-refractivity contribution in [2.45, 2.75) is 6.42 Å². The van der Waals surface area contributed by atoms with Gasteiger partial charge in [-0.1, -0.05) is 0 Å². The van der Waals surface area contributed by atoms with Crippen LogP contribution in [0, 0.1) is 5.82 Å². The smallest absolute Gasteiger partial charge is 0.255 e. The fourth-order valence-electron chi connectivity index (χ4n) is 4.92. The number of carbonyl (C=O) groups excluding carboxylic acids is 3. The number of benzene rings is 2. The van der Waals surface area contributed by atoms with Crippen molar-refractivity contribution in [3.05, 3.63) is 89.5 Å². The van der Waals surface area contributed by atoms with E-state index in [4.69, 9.17) is 0 Å². The Kier molecular flexibility index (Phi) is 8.12. The monoisotopic (exact) mass is 530 g/mol. The lowest BCUT2D eigenvalue weighted by atomic mass is 10.1. The first-order valence-corrected chi connectivity index (χ1v) is 13.1. The standard InChI is InChI=1S/C29H31FN6O3/c30-24-7-4-21(5-8-24)27(37)33-25-19-22(28(38)36-15-11-31-12-16-36)6-9-26(25)34-13-2-14-35(18-17-34)29(39)23-3-1-10-32-20-23/h1,3-10,19-20,31H,2,11-18H2,(H,33,37). The minimum atomic E-state index is -0.425. The zero-order valence-electron chi connectivity index (χ0n) is 21.6. The molecule has 2 N–H and O–H groups in total. The quantitative estimate of drug-likeness (QED) is 0.527. The zero-order valence-corrected chi connectivity index (χ0v) is 21.6. The molecule has 1 aromatic heterocycles. The number of halogens is 1. The molecule has 0 bridgehead atoms. The summed E-state index contributed by atoms with van der Waals surface area (Å²) in [6.07, 6.45) is 3.94. The molecule has 202 valence electrons. The van der Waals surface area contributed by atoms with Gasteiger partial charge < -0.3 is 25.3 Å². The molecule has 39 heavy (non-hydrogen) atoms. The van der Waals surface area contributed by atoms with Gasteiger partial charge >= 0.3 is 0 Å². The van der Waals surface area contributed by atoms with Crippen LogP contribution in [-0.4, -0.2) is 84.9 Å². The maximum absolute atomic E-state index is 13.4. The van der Waals surface area contributed by atoms with E-state index in [9.17, 15) is 18.8 Å². The van der Waals surface area contributed by atoms with E-state index < -0.39 is 11.7 Å². The summed E-state index contributed by atoms with van der Waals surface area (Å²) in [6.45, 7) is 5.02. The SMILES string of the molecule is O=C(Nc1cc(C(=O)N2CCNCC2)ccc1N1CCCN(C(=O)c2cccnc2)CC1)c1ccc(F)cc1. The molecule has 0 spiro atoms. The molecule has 3 aromatic rings. The van der Waals surface area contributed by atoms with Crippen LogP contribution in [0.1, 0.15) is 37.5 Å². The van der Waals surface area contributed by atoms with Gasteiger partial charge in [0, 0.05) is 75.9 Å². The molecule has 0 aliphatic carbocycles. The number of nitrogens with one attached hydrogen (secondary N) is 2. The summed E-state index contributed by atoms with van der Waals surface area (Å²) in [5.74, 6) is -0.978. The van der Waals surface area contributed by atoms with Crippen molar-refractivity contribution >= 4 is 29.1 Å². The Morgan fingerprint density at radius 1 is 0.795 bits per heavy atom. The molecule has 0 saturated carbocycles. The molecule has 0 atom stereocenters. The Morgan fingerprint density at radius 2 is 1.51 bits per heavy atom. The molecule has 3 heterocycles. The first-order chi connectivity index (χ1) is 19.0. The van der Waals surface area contributed by atoms with Crippen LogP contribution < -0.4 is 15.5 Å². The molecule has 5 rings (SSSR count). The van der Waals surface area contributed by atoms with Gasteiger partial charge in [-0.2, -0.15) is 0 Å². The number of piperazine rings is 1. The van der Waals surface area contributed by atoms with Crippen molar-refractivity contribution in [3.63, 3.8) is 0 Å². The molecule has 2 saturated heterocycles. The molecule has 2 aromatic carbocycles. The molecule has 3 amide bonds. The average Bonchev–Trinajstić information content (AvgIpc) is 3.24. The number of amides is 3. The highest BCUT2D eigenvalue weighted by molar-refractivity contribution is 6.07. The molecular formula is C29H31FN6O3. The highest BCUT2D eigenvalue weighted by atomic mass is 19.1. The third kappa shape index (κ3) is 6.23. The van der Waals surface area contributed by atoms with Crippen LogP contribution in [0.2, 0.25) is 0 Å². The highest BCUT2D eigenvalue weighted by Gasteiger charge is 2.24. The van der Waals surface area contributed by atoms with Crippen LogP contribution in [-0.2, 0) is 0 Å². The number of rotatable bonds is 5. The van der Waals surface area contributed by atoms with E-state index in [2.05, 4.69) is 20.5 Å². The Labute approximate surface area is 226 Å². The van der Waals surface area contributed by atoms with Gasteiger partial charge in [0.25, 0.3) is 17.7 Å². The fourth-order valence-corrected chi connectivity index (χ4v) is 4.92. The number of carbonyl (C=O) groups is 3. The van der Waals surface area contributed by atoms with Gasteiger partial charge in [-0.3, -0.25) is 19.4 Å². The molecule has 2 fully saturated rings. The average molecular weight is 531 g/mol. The van der Waals surface area contributed by atoms with Crippen LogP contribution in [0.4, 0.5) is 15.8 Å². The summed E-state index contributed by atoms with van der Waals surface area (Å²) in [6, 6.07) is 14.2. The lowest BCUT2D eigenvalue weighted by molar-refractivity contribution is 0.0734. The summed E-state index contributed by atoms with van der Waals surface area (Å²) < 4.78 is 13.4. The largest absolute Gasteiger partial charge is 0.368 e. The van der Waals surface area contributed by atoms with Crippen molar-refractivity contribution in [1.29, 1.82) is 0 Å². The summed E-state index contributed by atoms with van der Waals surface area (Å²) in [7, 11) is 0. The Bertz CT molecular complexity index is 1330. The van der Waals surface area contributed by atoms with Crippen molar-refractivity contribution in [1.82, 2.24) is 20.1 Å². The molecule has 10 heteroatoms. The van der Waals surface area contributed by atoms with E-state index in [0.29, 0.717) is 61.6 Å². The lowest BCUT2D eigenvalue weighted by Crippen LogP contribution is -2.46. The van der Waals surface area contributed by atoms with Crippen LogP contribution in [0.5, 0.6) is 0 Å². The topological polar surface area (TPSA) is 97.9 Å². The van der Waals surface area contributed by atoms with E-state index in [1.165, 1.54) is 24.3 Å². The predicted molar refractivity (Wildman–Crippen MR) is 147 cm³/mol. The Morgan fingerprint density at radius 3 is 2.26 bits per heavy atom. The minimum absolute atomic E-state index is 0.0632. The second-order valence-corrected chi connectivity index (χ2v) is 9.61. The van der Waals surface area contributed by atoms with Crippen LogP contribution in [0.25, 0.3) is 0 Å². The van der Waals surface area contributed by atoms with Gasteiger partial charge in [0.05, 0.1) is 16.9 Å². The Hall–Kier alpha value is -4.31. The van der Waals surface area contributed by atoms with Gasteiger partial charge in [0.1, 0.15) is 5.82 Å². The maximum Gasteiger partial charge on any atom is 0.255 e. The molecule has 2 aliphatic rings. The van der Waals surface area contributed by atoms with Crippen molar-refractivity contribution in [3.8, 4) is 0 Å².